The fraction of sp³-hybridized carbons (Fsp3) is 0.471. The summed E-state index contributed by atoms with van der Waals surface area (Å²) in [6.07, 6.45) is 1.30. The number of nitrogens with one attached hydrogen (secondary N) is 1. The van der Waals surface area contributed by atoms with Crippen molar-refractivity contribution < 1.29 is 15.0 Å². The van der Waals surface area contributed by atoms with Gasteiger partial charge in [-0.1, -0.05) is 12.1 Å². The highest BCUT2D eigenvalue weighted by atomic mass is 32.1. The molecule has 0 saturated heterocycles. The van der Waals surface area contributed by atoms with Gasteiger partial charge in [0, 0.05) is 29.5 Å². The first kappa shape index (κ1) is 21.6. The van der Waals surface area contributed by atoms with Gasteiger partial charge in [-0.05, 0) is 42.3 Å². The first-order valence-electron chi connectivity index (χ1n) is 8.20. The number of nitrogens with two attached hydrogens (primary N) is 1. The summed E-state index contributed by atoms with van der Waals surface area (Å²) in [5.74, 6) is 0. The van der Waals surface area contributed by atoms with Crippen molar-refractivity contribution in [3.63, 3.8) is 0 Å². The van der Waals surface area contributed by atoms with Crippen molar-refractivity contribution in [3.05, 3.63) is 44.8 Å². The van der Waals surface area contributed by atoms with E-state index in [-0.39, 0.29) is 19.2 Å². The van der Waals surface area contributed by atoms with E-state index in [1.165, 1.54) is 9.75 Å². The van der Waals surface area contributed by atoms with Crippen molar-refractivity contribution in [2.24, 2.45) is 5.73 Å². The van der Waals surface area contributed by atoms with Crippen LogP contribution in [-0.4, -0.2) is 47.4 Å². The van der Waals surface area contributed by atoms with Gasteiger partial charge in [-0.2, -0.15) is 0 Å². The fourth-order valence-corrected chi connectivity index (χ4v) is 3.30. The monoisotopic (exact) mass is 385 g/mol. The number of rotatable bonds is 9. The molecule has 140 valence electrons. The van der Waals surface area contributed by atoms with E-state index in [2.05, 4.69) is 5.32 Å². The molecule has 0 aliphatic heterocycles. The number of urea groups is 1. The molecule has 8 heteroatoms. The highest BCUT2D eigenvalue weighted by Crippen LogP contribution is 2.17. The Labute approximate surface area is 156 Å². The number of nitrogens with zero attached hydrogens (tertiary/aromatic N) is 1. The molecule has 6 nitrogen and oxygen atoms in total. The van der Waals surface area contributed by atoms with Crippen molar-refractivity contribution in [3.8, 4) is 0 Å². The summed E-state index contributed by atoms with van der Waals surface area (Å²) < 4.78 is 0. The molecule has 2 amide bonds. The maximum atomic E-state index is 12.2. The number of amides is 2. The third-order valence-corrected chi connectivity index (χ3v) is 4.84. The molecule has 0 aromatic carbocycles. The summed E-state index contributed by atoms with van der Waals surface area (Å²) >= 11 is 3.30. The van der Waals surface area contributed by atoms with E-state index in [0.717, 1.165) is 6.42 Å². The average Bonchev–Trinajstić information content (AvgIpc) is 3.30. The summed E-state index contributed by atoms with van der Waals surface area (Å²) in [6, 6.07) is 7.97. The second-order valence-corrected chi connectivity index (χ2v) is 7.25. The summed E-state index contributed by atoms with van der Waals surface area (Å²) in [5, 5.41) is 23.6. The molecule has 0 unspecified atom stereocenters. The molecular formula is C17H27N3O3S2. The van der Waals surface area contributed by atoms with Gasteiger partial charge in [0.1, 0.15) is 0 Å². The van der Waals surface area contributed by atoms with Crippen LogP contribution in [0.2, 0.25) is 0 Å². The highest BCUT2D eigenvalue weighted by molar-refractivity contribution is 7.10. The van der Waals surface area contributed by atoms with Crippen LogP contribution >= 0.6 is 22.7 Å². The minimum absolute atomic E-state index is 0.0831. The fourth-order valence-electron chi connectivity index (χ4n) is 1.86. The van der Waals surface area contributed by atoms with Gasteiger partial charge in [0.05, 0.1) is 13.1 Å². The molecule has 0 fully saturated rings. The molecule has 0 spiro atoms. The van der Waals surface area contributed by atoms with Crippen LogP contribution in [0.4, 0.5) is 4.79 Å². The second-order valence-electron chi connectivity index (χ2n) is 5.19. The molecule has 2 aromatic heterocycles. The molecule has 0 atom stereocenters. The van der Waals surface area contributed by atoms with Crippen molar-refractivity contribution >= 4 is 28.7 Å². The lowest BCUT2D eigenvalue weighted by atomic mass is 10.3. The SMILES string of the molecule is NCCCO.O=C(NCCCO)N(Cc1cccs1)Cc1cccs1. The lowest BCUT2D eigenvalue weighted by Crippen LogP contribution is -2.39. The molecule has 2 aromatic rings. The smallest absolute Gasteiger partial charge is 0.318 e. The van der Waals surface area contributed by atoms with Crippen molar-refractivity contribution in [2.45, 2.75) is 25.9 Å². The minimum atomic E-state index is -0.0831. The predicted molar refractivity (Wildman–Crippen MR) is 104 cm³/mol. The zero-order chi connectivity index (χ0) is 18.3. The third kappa shape index (κ3) is 9.57. The minimum Gasteiger partial charge on any atom is -0.396 e. The van der Waals surface area contributed by atoms with E-state index in [0.29, 0.717) is 32.6 Å². The second kappa shape index (κ2) is 13.8. The Morgan fingerprint density at radius 2 is 1.60 bits per heavy atom. The maximum Gasteiger partial charge on any atom is 0.318 e. The van der Waals surface area contributed by atoms with Gasteiger partial charge in [-0.15, -0.1) is 22.7 Å². The van der Waals surface area contributed by atoms with Crippen molar-refractivity contribution in [2.75, 3.05) is 26.3 Å². The third-order valence-electron chi connectivity index (χ3n) is 3.11. The van der Waals surface area contributed by atoms with Gasteiger partial charge in [0.25, 0.3) is 0 Å². The van der Waals surface area contributed by atoms with Gasteiger partial charge >= 0.3 is 6.03 Å². The molecule has 0 radical (unpaired) electrons. The standard InChI is InChI=1S/C14H18N2O2S2.C3H9NO/c17-7-3-6-15-14(18)16(10-12-4-1-8-19-12)11-13-5-2-9-20-13;4-2-1-3-5/h1-2,4-5,8-9,17H,3,6-7,10-11H2,(H,15,18);5H,1-4H2. The van der Waals surface area contributed by atoms with Gasteiger partial charge in [-0.25, -0.2) is 4.79 Å². The van der Waals surface area contributed by atoms with Crippen LogP contribution in [0.1, 0.15) is 22.6 Å². The van der Waals surface area contributed by atoms with Crippen LogP contribution in [0.15, 0.2) is 35.0 Å². The molecule has 5 N–H and O–H groups in total. The van der Waals surface area contributed by atoms with Crippen molar-refractivity contribution in [1.29, 1.82) is 0 Å². The van der Waals surface area contributed by atoms with Gasteiger partial charge in [-0.3, -0.25) is 0 Å². The Hall–Kier alpha value is -1.45. The lowest BCUT2D eigenvalue weighted by molar-refractivity contribution is 0.192. The van der Waals surface area contributed by atoms with E-state index in [1.54, 1.807) is 27.6 Å². The average molecular weight is 386 g/mol. The largest absolute Gasteiger partial charge is 0.396 e. The van der Waals surface area contributed by atoms with Crippen LogP contribution < -0.4 is 11.1 Å². The van der Waals surface area contributed by atoms with Gasteiger partial charge in [0.2, 0.25) is 0 Å². The molecule has 2 heterocycles. The molecule has 0 aliphatic rings. The summed E-state index contributed by atoms with van der Waals surface area (Å²) in [4.78, 5) is 16.3. The molecule has 2 rings (SSSR count). The Balaban J connectivity index is 0.000000550. The summed E-state index contributed by atoms with van der Waals surface area (Å²) in [5.41, 5.74) is 4.98. The Morgan fingerprint density at radius 1 is 1.04 bits per heavy atom. The van der Waals surface area contributed by atoms with E-state index in [1.807, 2.05) is 35.0 Å². The topological polar surface area (TPSA) is 98.8 Å². The lowest BCUT2D eigenvalue weighted by Gasteiger charge is -2.22. The van der Waals surface area contributed by atoms with E-state index < -0.39 is 0 Å². The molecule has 0 saturated carbocycles. The number of aliphatic hydroxyl groups excluding tert-OH is 2. The van der Waals surface area contributed by atoms with Gasteiger partial charge in [0.15, 0.2) is 0 Å². The quantitative estimate of drug-likeness (QED) is 0.498. The Kier molecular flexibility index (Phi) is 11.9. The van der Waals surface area contributed by atoms with Crippen LogP contribution in [0, 0.1) is 0 Å². The number of carbonyl (C=O) groups excluding carboxylic acids is 1. The molecule has 0 aliphatic carbocycles. The normalized spacial score (nSPS) is 10.0. The number of carbonyl (C=O) groups is 1. The van der Waals surface area contributed by atoms with Crippen molar-refractivity contribution in [1.82, 2.24) is 10.2 Å². The van der Waals surface area contributed by atoms with Crippen LogP contribution in [0.25, 0.3) is 0 Å². The maximum absolute atomic E-state index is 12.2. The summed E-state index contributed by atoms with van der Waals surface area (Å²) in [7, 11) is 0. The number of thiophene rings is 2. The number of hydrogen-bond acceptors (Lipinski definition) is 6. The summed E-state index contributed by atoms with van der Waals surface area (Å²) in [6.45, 7) is 2.63. The molecular weight excluding hydrogens is 358 g/mol. The van der Waals surface area contributed by atoms with E-state index >= 15 is 0 Å². The number of hydrogen-bond donors (Lipinski definition) is 4. The van der Waals surface area contributed by atoms with Crippen LogP contribution in [0.5, 0.6) is 0 Å². The molecule has 0 bridgehead atoms. The highest BCUT2D eigenvalue weighted by Gasteiger charge is 2.15. The number of aliphatic hydroxyl groups is 2. The van der Waals surface area contributed by atoms with Crippen LogP contribution in [0.3, 0.4) is 0 Å². The van der Waals surface area contributed by atoms with Gasteiger partial charge < -0.3 is 26.2 Å². The zero-order valence-electron chi connectivity index (χ0n) is 14.3. The Bertz CT molecular complexity index is 509. The van der Waals surface area contributed by atoms with Crippen LogP contribution in [-0.2, 0) is 13.1 Å². The first-order valence-corrected chi connectivity index (χ1v) is 9.96. The predicted octanol–water partition coefficient (Wildman–Crippen LogP) is 2.23. The van der Waals surface area contributed by atoms with E-state index in [9.17, 15) is 4.79 Å². The Morgan fingerprint density at radius 3 is 1.96 bits per heavy atom. The molecule has 25 heavy (non-hydrogen) atoms. The van der Waals surface area contributed by atoms with E-state index in [4.69, 9.17) is 15.9 Å². The zero-order valence-corrected chi connectivity index (χ0v) is 15.9. The first-order chi connectivity index (χ1) is 12.2.